The maximum atomic E-state index is 14.7. The maximum Gasteiger partial charge on any atom is 0.194 e. The monoisotopic (exact) mass is 522 g/mol. The van der Waals surface area contributed by atoms with Gasteiger partial charge in [0.15, 0.2) is 34.8 Å². The van der Waals surface area contributed by atoms with Crippen molar-refractivity contribution in [2.75, 3.05) is 13.2 Å². The van der Waals surface area contributed by atoms with E-state index in [1.807, 2.05) is 0 Å². The number of rotatable bonds is 9. The van der Waals surface area contributed by atoms with E-state index in [1.165, 1.54) is 24.3 Å². The average molecular weight is 523 g/mol. The van der Waals surface area contributed by atoms with E-state index in [2.05, 4.69) is 6.92 Å². The molecule has 1 fully saturated rings. The van der Waals surface area contributed by atoms with Crippen molar-refractivity contribution < 1.29 is 35.8 Å². The summed E-state index contributed by atoms with van der Waals surface area (Å²) < 4.78 is 95.2. The summed E-state index contributed by atoms with van der Waals surface area (Å²) in [5.41, 5.74) is 0.965. The second-order valence-corrected chi connectivity index (χ2v) is 9.42. The van der Waals surface area contributed by atoms with Crippen molar-refractivity contribution in [1.29, 1.82) is 0 Å². The van der Waals surface area contributed by atoms with Crippen LogP contribution in [0.1, 0.15) is 56.3 Å². The minimum absolute atomic E-state index is 0.0657. The van der Waals surface area contributed by atoms with Gasteiger partial charge in [0.05, 0.1) is 19.3 Å². The Morgan fingerprint density at radius 2 is 1.51 bits per heavy atom. The van der Waals surface area contributed by atoms with Gasteiger partial charge < -0.3 is 9.47 Å². The second-order valence-electron chi connectivity index (χ2n) is 9.42. The van der Waals surface area contributed by atoms with Gasteiger partial charge in [0.1, 0.15) is 5.82 Å². The van der Waals surface area contributed by atoms with Crippen LogP contribution in [0, 0.1) is 40.8 Å². The highest BCUT2D eigenvalue weighted by atomic mass is 19.2. The van der Waals surface area contributed by atoms with E-state index in [1.54, 1.807) is 6.07 Å². The quantitative estimate of drug-likeness (QED) is 0.159. The molecule has 8 heteroatoms. The molecule has 1 heterocycles. The lowest BCUT2D eigenvalue weighted by Crippen LogP contribution is -2.26. The van der Waals surface area contributed by atoms with Crippen LogP contribution in [-0.2, 0) is 11.2 Å². The van der Waals surface area contributed by atoms with Gasteiger partial charge in [-0.2, -0.15) is 0 Å². The van der Waals surface area contributed by atoms with Crippen molar-refractivity contribution >= 4 is 0 Å². The molecule has 4 rings (SSSR count). The van der Waals surface area contributed by atoms with Crippen molar-refractivity contribution in [3.05, 3.63) is 88.5 Å². The Labute approximate surface area is 212 Å². The minimum Gasteiger partial charge on any atom is -0.487 e. The normalized spacial score (nSPS) is 17.7. The molecule has 0 aliphatic carbocycles. The van der Waals surface area contributed by atoms with Gasteiger partial charge in [-0.1, -0.05) is 31.9 Å². The number of hydrogen-bond acceptors (Lipinski definition) is 2. The molecule has 0 radical (unpaired) electrons. The summed E-state index contributed by atoms with van der Waals surface area (Å²) in [6, 6.07) is 8.29. The summed E-state index contributed by atoms with van der Waals surface area (Å²) in [5, 5.41) is 0. The Bertz CT molecular complexity index is 1190. The Morgan fingerprint density at radius 1 is 0.811 bits per heavy atom. The molecule has 3 aromatic rings. The van der Waals surface area contributed by atoms with Crippen LogP contribution in [0.25, 0.3) is 11.1 Å². The maximum absolute atomic E-state index is 14.7. The molecule has 0 spiro atoms. The Kier molecular flexibility index (Phi) is 8.79. The van der Waals surface area contributed by atoms with Crippen LogP contribution in [-0.4, -0.2) is 13.2 Å². The molecule has 37 heavy (non-hydrogen) atoms. The van der Waals surface area contributed by atoms with Crippen LogP contribution < -0.4 is 4.74 Å². The predicted molar refractivity (Wildman–Crippen MR) is 128 cm³/mol. The first-order valence-electron chi connectivity index (χ1n) is 12.4. The van der Waals surface area contributed by atoms with Crippen molar-refractivity contribution in [3.63, 3.8) is 0 Å². The fraction of sp³-hybridized carbons (Fsp3) is 0.379. The van der Waals surface area contributed by atoms with Gasteiger partial charge in [-0.15, -0.1) is 0 Å². The van der Waals surface area contributed by atoms with E-state index >= 15 is 0 Å². The number of halogens is 6. The van der Waals surface area contributed by atoms with Crippen LogP contribution in [0.5, 0.6) is 5.75 Å². The van der Waals surface area contributed by atoms with Crippen molar-refractivity contribution in [1.82, 2.24) is 0 Å². The number of unbranched alkanes of at least 4 members (excludes halogenated alkanes) is 2. The van der Waals surface area contributed by atoms with Crippen molar-refractivity contribution in [2.24, 2.45) is 5.92 Å². The van der Waals surface area contributed by atoms with E-state index in [4.69, 9.17) is 9.47 Å². The third-order valence-electron chi connectivity index (χ3n) is 6.62. The van der Waals surface area contributed by atoms with Gasteiger partial charge in [0, 0.05) is 11.5 Å². The summed E-state index contributed by atoms with van der Waals surface area (Å²) in [7, 11) is 0. The molecular weight excluding hydrogens is 494 g/mol. The number of aryl methyl sites for hydroxylation is 1. The molecule has 2 unspecified atom stereocenters. The van der Waals surface area contributed by atoms with E-state index in [-0.39, 0.29) is 30.3 Å². The third-order valence-corrected chi connectivity index (χ3v) is 6.62. The van der Waals surface area contributed by atoms with Gasteiger partial charge in [-0.05, 0) is 72.7 Å². The lowest BCUT2D eigenvalue weighted by Gasteiger charge is -2.29. The van der Waals surface area contributed by atoms with Crippen molar-refractivity contribution in [3.8, 4) is 16.9 Å². The molecule has 0 saturated carbocycles. The number of ether oxygens (including phenoxy) is 2. The Hall–Kier alpha value is -3.00. The largest absolute Gasteiger partial charge is 0.487 e. The molecule has 2 nitrogen and oxygen atoms in total. The van der Waals surface area contributed by atoms with Crippen LogP contribution in [0.3, 0.4) is 0 Å². The Balaban J connectivity index is 1.33. The first-order valence-corrected chi connectivity index (χ1v) is 12.4. The number of hydrogen-bond donors (Lipinski definition) is 0. The minimum atomic E-state index is -1.61. The summed E-state index contributed by atoms with van der Waals surface area (Å²) in [5.74, 6) is -7.08. The summed E-state index contributed by atoms with van der Waals surface area (Å²) >= 11 is 0. The van der Waals surface area contributed by atoms with Crippen LogP contribution in [0.4, 0.5) is 26.3 Å². The van der Waals surface area contributed by atoms with Gasteiger partial charge in [-0.25, -0.2) is 26.3 Å². The van der Waals surface area contributed by atoms with E-state index in [9.17, 15) is 26.3 Å². The molecular formula is C29H28F6O2. The SMILES string of the molecule is CCCCCc1cc(F)c(OCC2CCC(c3ccc(-c4cc(F)c(F)c(F)c4)c(F)c3)OC2)c(F)c1. The second kappa shape index (κ2) is 12.0. The average Bonchev–Trinajstić information content (AvgIpc) is 2.87. The topological polar surface area (TPSA) is 18.5 Å². The molecule has 0 bridgehead atoms. The molecule has 1 aliphatic rings. The van der Waals surface area contributed by atoms with Gasteiger partial charge in [0.2, 0.25) is 0 Å². The van der Waals surface area contributed by atoms with E-state index < -0.39 is 46.8 Å². The number of benzene rings is 3. The summed E-state index contributed by atoms with van der Waals surface area (Å²) in [4.78, 5) is 0. The lowest BCUT2D eigenvalue weighted by molar-refractivity contribution is -0.0292. The molecule has 0 aromatic heterocycles. The summed E-state index contributed by atoms with van der Waals surface area (Å²) in [6.07, 6.45) is 4.22. The first-order chi connectivity index (χ1) is 17.8. The smallest absolute Gasteiger partial charge is 0.194 e. The van der Waals surface area contributed by atoms with Gasteiger partial charge in [-0.3, -0.25) is 0 Å². The van der Waals surface area contributed by atoms with Gasteiger partial charge in [0.25, 0.3) is 0 Å². The summed E-state index contributed by atoms with van der Waals surface area (Å²) in [6.45, 7) is 2.39. The molecule has 198 valence electrons. The first kappa shape index (κ1) is 27.0. The van der Waals surface area contributed by atoms with Crippen LogP contribution in [0.2, 0.25) is 0 Å². The van der Waals surface area contributed by atoms with Crippen LogP contribution in [0.15, 0.2) is 42.5 Å². The standard InChI is InChI=1S/C29H28F6O2/c1-2-3-4-5-17-10-25(33)29(26(34)11-17)37-16-18-6-9-27(36-15-18)19-7-8-21(22(30)12-19)20-13-23(31)28(35)24(32)14-20/h7-8,10-14,18,27H,2-6,9,15-16H2,1H3. The Morgan fingerprint density at radius 3 is 2.11 bits per heavy atom. The fourth-order valence-electron chi connectivity index (χ4n) is 4.55. The highest BCUT2D eigenvalue weighted by Gasteiger charge is 2.25. The molecule has 1 saturated heterocycles. The highest BCUT2D eigenvalue weighted by molar-refractivity contribution is 5.64. The predicted octanol–water partition coefficient (Wildman–Crippen LogP) is 8.47. The third kappa shape index (κ3) is 6.47. The zero-order valence-corrected chi connectivity index (χ0v) is 20.4. The molecule has 0 N–H and O–H groups in total. The molecule has 3 aromatic carbocycles. The van der Waals surface area contributed by atoms with E-state index in [0.29, 0.717) is 30.4 Å². The molecule has 1 aliphatic heterocycles. The van der Waals surface area contributed by atoms with Crippen molar-refractivity contribution in [2.45, 2.75) is 51.6 Å². The highest BCUT2D eigenvalue weighted by Crippen LogP contribution is 2.34. The zero-order chi connectivity index (χ0) is 26.5. The van der Waals surface area contributed by atoms with Gasteiger partial charge >= 0.3 is 0 Å². The van der Waals surface area contributed by atoms with Crippen LogP contribution >= 0.6 is 0 Å². The molecule has 0 amide bonds. The molecule has 2 atom stereocenters. The zero-order valence-electron chi connectivity index (χ0n) is 20.4. The lowest BCUT2D eigenvalue weighted by atomic mass is 9.93. The fourth-order valence-corrected chi connectivity index (χ4v) is 4.55. The van der Waals surface area contributed by atoms with E-state index in [0.717, 1.165) is 31.4 Å².